The molecule has 4 heterocycles. The summed E-state index contributed by atoms with van der Waals surface area (Å²) in [4.78, 5) is 61.8. The molecule has 1 saturated heterocycles. The smallest absolute Gasteiger partial charge is 0.413 e. The van der Waals surface area contributed by atoms with Gasteiger partial charge in [-0.2, -0.15) is 0 Å². The lowest BCUT2D eigenvalue weighted by Crippen LogP contribution is -2.71. The summed E-state index contributed by atoms with van der Waals surface area (Å²) in [6.45, 7) is 5.27. The average Bonchev–Trinajstić information content (AvgIpc) is 1.90. The molecule has 2 aliphatic rings. The first-order valence-corrected chi connectivity index (χ1v) is 32.1. The van der Waals surface area contributed by atoms with E-state index in [9.17, 15) is 4.79 Å². The third kappa shape index (κ3) is 12.5. The molecule has 89 heavy (non-hydrogen) atoms. The molecular formula is C71H60N8O6S4. The zero-order valence-electron chi connectivity index (χ0n) is 48.7. The number of carbonyl (C=O) groups excluding carboxylic acids is 3. The second-order valence-corrected chi connectivity index (χ2v) is 25.2. The minimum absolute atomic E-state index is 0.0773. The number of hydrogen-bond acceptors (Lipinski definition) is 14. The molecule has 0 spiro atoms. The van der Waals surface area contributed by atoms with Crippen molar-refractivity contribution in [1.29, 1.82) is 0 Å². The Labute approximate surface area is 534 Å². The molecule has 0 radical (unpaired) electrons. The maximum atomic E-state index is 15.3. The van der Waals surface area contributed by atoms with E-state index in [0.717, 1.165) is 61.4 Å². The van der Waals surface area contributed by atoms with Gasteiger partial charge >= 0.3 is 6.09 Å². The summed E-state index contributed by atoms with van der Waals surface area (Å²) in [5.74, 6) is -0.434. The van der Waals surface area contributed by atoms with Crippen LogP contribution in [-0.4, -0.2) is 81.8 Å². The normalized spacial score (nSPS) is 15.2. The lowest BCUT2D eigenvalue weighted by atomic mass is 9.77. The van der Waals surface area contributed by atoms with Crippen LogP contribution in [0.5, 0.6) is 0 Å². The summed E-state index contributed by atoms with van der Waals surface area (Å²) >= 11 is 10.4. The highest BCUT2D eigenvalue weighted by Gasteiger charge is 2.54. The Kier molecular flexibility index (Phi) is 17.8. The van der Waals surface area contributed by atoms with Gasteiger partial charge in [0.15, 0.2) is 10.8 Å². The Morgan fingerprint density at radius 1 is 0.674 bits per heavy atom. The average molecular weight is 1250 g/mol. The fraction of sp³-hybridized carbons (Fsp3) is 0.155. The van der Waals surface area contributed by atoms with Gasteiger partial charge < -0.3 is 19.6 Å². The van der Waals surface area contributed by atoms with E-state index < -0.39 is 52.2 Å². The number of aromatic nitrogens is 4. The fourth-order valence-electron chi connectivity index (χ4n) is 11.1. The third-order valence-corrected chi connectivity index (χ3v) is 18.4. The van der Waals surface area contributed by atoms with Crippen molar-refractivity contribution >= 4 is 80.9 Å². The highest BCUT2D eigenvalue weighted by molar-refractivity contribution is 8.01. The van der Waals surface area contributed by atoms with Crippen molar-refractivity contribution < 1.29 is 28.7 Å². The van der Waals surface area contributed by atoms with Crippen LogP contribution in [0.4, 0.5) is 9.93 Å². The molecule has 12 rings (SSSR count). The van der Waals surface area contributed by atoms with E-state index >= 15 is 9.59 Å². The predicted octanol–water partition coefficient (Wildman–Crippen LogP) is 14.2. The molecule has 14 nitrogen and oxygen atoms in total. The Morgan fingerprint density at radius 2 is 1.13 bits per heavy atom. The number of carbonyl (C=O) groups is 3. The van der Waals surface area contributed by atoms with Gasteiger partial charge in [0.1, 0.15) is 40.7 Å². The summed E-state index contributed by atoms with van der Waals surface area (Å²) in [7, 11) is 0. The minimum Gasteiger partial charge on any atom is -0.469 e. The molecule has 0 saturated carbocycles. The van der Waals surface area contributed by atoms with Gasteiger partial charge in [0, 0.05) is 33.6 Å². The largest absolute Gasteiger partial charge is 0.469 e. The number of rotatable bonds is 20. The van der Waals surface area contributed by atoms with E-state index in [4.69, 9.17) is 41.8 Å². The highest BCUT2D eigenvalue weighted by Crippen LogP contribution is 2.46. The molecule has 444 valence electrons. The number of β-lactam (4-membered cyclic amide) rings is 1. The van der Waals surface area contributed by atoms with Crippen LogP contribution in [0, 0.1) is 0 Å². The van der Waals surface area contributed by atoms with Crippen LogP contribution in [0.25, 0.3) is 0 Å². The third-order valence-electron chi connectivity index (χ3n) is 15.1. The lowest BCUT2D eigenvalue weighted by molar-refractivity contribution is -0.144. The van der Waals surface area contributed by atoms with Gasteiger partial charge in [-0.15, -0.1) is 28.2 Å². The number of benzene rings is 8. The molecule has 18 heteroatoms. The molecule has 0 unspecified atom stereocenters. The molecular weight excluding hydrogens is 1190 g/mol. The van der Waals surface area contributed by atoms with Crippen molar-refractivity contribution in [3.8, 4) is 0 Å². The van der Waals surface area contributed by atoms with Gasteiger partial charge in [-0.3, -0.25) is 19.8 Å². The number of oxime groups is 1. The van der Waals surface area contributed by atoms with E-state index in [0.29, 0.717) is 22.4 Å². The summed E-state index contributed by atoms with van der Waals surface area (Å²) in [6.07, 6.45) is 0.415. The number of fused-ring (bicyclic) bond motifs is 1. The zero-order chi connectivity index (χ0) is 61.4. The molecule has 2 aromatic heterocycles. The van der Waals surface area contributed by atoms with E-state index in [2.05, 4.69) is 52.0 Å². The Hall–Kier alpha value is -9.46. The van der Waals surface area contributed by atoms with E-state index in [-0.39, 0.29) is 21.6 Å². The quantitative estimate of drug-likeness (QED) is 0.0186. The highest BCUT2D eigenvalue weighted by atomic mass is 32.2. The predicted molar refractivity (Wildman–Crippen MR) is 355 cm³/mol. The second kappa shape index (κ2) is 26.5. The Bertz CT molecular complexity index is 3930. The maximum Gasteiger partial charge on any atom is 0.413 e. The number of anilines is 1. The van der Waals surface area contributed by atoms with Gasteiger partial charge in [-0.1, -0.05) is 260 Å². The SMILES string of the molecule is CC(C)(C)OC(=O)Nc1nc(/C(=N/OC(c2ccccc2)(c2ccccc2)c2ccccc2)C(=O)N[C@@H]2C(=O)N3C(C(=S)OC(c4ccccc4)c4ccccc4)=C(CSc4ncn(C(c5ccccc5)(c5ccccc5)c5ccccc5)n4)CS[C@H]23)cs1. The Balaban J connectivity index is 0.898. The molecule has 3 amide bonds. The first-order valence-electron chi connectivity index (χ1n) is 28.8. The van der Waals surface area contributed by atoms with Gasteiger partial charge in [0.05, 0.1) is 5.70 Å². The summed E-state index contributed by atoms with van der Waals surface area (Å²) in [5.41, 5.74) is 4.93. The molecule has 8 aromatic carbocycles. The van der Waals surface area contributed by atoms with E-state index in [1.54, 1.807) is 37.4 Å². The first-order chi connectivity index (χ1) is 43.4. The monoisotopic (exact) mass is 1250 g/mol. The van der Waals surface area contributed by atoms with Crippen LogP contribution in [0.3, 0.4) is 0 Å². The van der Waals surface area contributed by atoms with Crippen molar-refractivity contribution in [2.75, 3.05) is 16.8 Å². The molecule has 0 bridgehead atoms. The topological polar surface area (TPSA) is 162 Å². The number of hydrogen-bond donors (Lipinski definition) is 2. The second-order valence-electron chi connectivity index (χ2n) is 22.0. The molecule has 2 atom stereocenters. The fourth-order valence-corrected chi connectivity index (χ4v) is 14.4. The van der Waals surface area contributed by atoms with Crippen molar-refractivity contribution in [2.24, 2.45) is 5.16 Å². The first kappa shape index (κ1) is 59.9. The number of amides is 3. The number of thiazole rings is 1. The number of ether oxygens (including phenoxy) is 2. The summed E-state index contributed by atoms with van der Waals surface area (Å²) < 4.78 is 14.4. The number of thiocarbonyl (C=S) groups is 1. The molecule has 1 fully saturated rings. The van der Waals surface area contributed by atoms with Crippen molar-refractivity contribution in [3.63, 3.8) is 0 Å². The Morgan fingerprint density at radius 3 is 1.61 bits per heavy atom. The van der Waals surface area contributed by atoms with Crippen molar-refractivity contribution in [1.82, 2.24) is 30.0 Å². The summed E-state index contributed by atoms with van der Waals surface area (Å²) in [5, 5.41) is 17.5. The van der Waals surface area contributed by atoms with Crippen LogP contribution in [0.1, 0.15) is 77.1 Å². The van der Waals surface area contributed by atoms with Gasteiger partial charge in [-0.05, 0) is 66.4 Å². The summed E-state index contributed by atoms with van der Waals surface area (Å²) in [6, 6.07) is 78.2. The van der Waals surface area contributed by atoms with Gasteiger partial charge in [0.2, 0.25) is 15.8 Å². The van der Waals surface area contributed by atoms with E-state index in [1.807, 2.05) is 211 Å². The lowest BCUT2D eigenvalue weighted by Gasteiger charge is -2.50. The number of thioether (sulfide) groups is 2. The van der Waals surface area contributed by atoms with Crippen LogP contribution in [-0.2, 0) is 35.0 Å². The van der Waals surface area contributed by atoms with Gasteiger partial charge in [0.25, 0.3) is 11.8 Å². The number of nitrogens with one attached hydrogen (secondary N) is 2. The number of nitrogens with zero attached hydrogens (tertiary/aromatic N) is 6. The molecule has 10 aromatic rings. The van der Waals surface area contributed by atoms with Crippen LogP contribution in [0.2, 0.25) is 0 Å². The zero-order valence-corrected chi connectivity index (χ0v) is 51.9. The van der Waals surface area contributed by atoms with Crippen molar-refractivity contribution in [2.45, 2.75) is 60.2 Å². The standard InChI is InChI=1S/C71H60N8O6S4/c1-69(2,3)84-68(82)75-67-73-57(46-89-67)58(77-85-71(54-38-22-9-23-39-54,55-40-24-10-25-41-55)56-42-26-11-27-43-56)62(80)74-59-63(81)79-60(65(86)83-61(48-28-12-4-13-29-48)49-30-14-5-15-31-49)50(44-87-64(59)79)45-88-66-72-47-78(76-66)70(51-32-16-6-17-33-51,52-34-18-7-19-35-52)53-36-20-8-21-37-53/h4-43,46-47,59,61,64H,44-45H2,1-3H3,(H,74,80)(H,73,75,82)/b77-58-/t59-,64-/m1/s1. The molecule has 2 aliphatic heterocycles. The maximum absolute atomic E-state index is 15.3. The molecule has 0 aliphatic carbocycles. The van der Waals surface area contributed by atoms with Crippen LogP contribution in [0.15, 0.2) is 276 Å². The van der Waals surface area contributed by atoms with Crippen LogP contribution < -0.4 is 10.6 Å². The minimum atomic E-state index is -1.39. The molecule has 2 N–H and O–H groups in total. The van der Waals surface area contributed by atoms with Gasteiger partial charge in [-0.25, -0.2) is 19.4 Å². The van der Waals surface area contributed by atoms with Crippen molar-refractivity contribution in [3.05, 3.63) is 316 Å². The van der Waals surface area contributed by atoms with E-state index in [1.165, 1.54) is 23.5 Å². The van der Waals surface area contributed by atoms with Crippen LogP contribution >= 0.6 is 47.1 Å².